The van der Waals surface area contributed by atoms with Gasteiger partial charge in [0.15, 0.2) is 0 Å². The van der Waals surface area contributed by atoms with Crippen molar-refractivity contribution in [3.05, 3.63) is 59.9 Å². The fourth-order valence-electron chi connectivity index (χ4n) is 4.32. The van der Waals surface area contributed by atoms with Crippen LogP contribution in [0.2, 0.25) is 0 Å². The van der Waals surface area contributed by atoms with Crippen LogP contribution in [0.1, 0.15) is 35.7 Å². The van der Waals surface area contributed by atoms with Crippen LogP contribution in [0.3, 0.4) is 0 Å². The Balaban J connectivity index is 1.69. The number of rotatable bonds is 3. The second-order valence-electron chi connectivity index (χ2n) is 7.57. The molecule has 2 N–H and O–H groups in total. The van der Waals surface area contributed by atoms with Crippen LogP contribution in [0, 0.1) is 0 Å². The van der Waals surface area contributed by atoms with Crippen molar-refractivity contribution in [3.63, 3.8) is 0 Å². The van der Waals surface area contributed by atoms with Crippen LogP contribution in [0.15, 0.2) is 48.8 Å². The van der Waals surface area contributed by atoms with Crippen LogP contribution in [-0.4, -0.2) is 58.2 Å². The van der Waals surface area contributed by atoms with E-state index in [9.17, 15) is 14.7 Å². The van der Waals surface area contributed by atoms with Gasteiger partial charge in [-0.15, -0.1) is 0 Å². The summed E-state index contributed by atoms with van der Waals surface area (Å²) in [6.45, 7) is 4.10. The van der Waals surface area contributed by atoms with Gasteiger partial charge in [-0.25, -0.2) is 4.79 Å². The van der Waals surface area contributed by atoms with Gasteiger partial charge in [0, 0.05) is 36.6 Å². The lowest BCUT2D eigenvalue weighted by Gasteiger charge is -2.58. The number of nitrogens with zero attached hydrogens (tertiary/aromatic N) is 3. The summed E-state index contributed by atoms with van der Waals surface area (Å²) < 4.78 is 0. The van der Waals surface area contributed by atoms with Crippen LogP contribution in [-0.2, 0) is 0 Å². The maximum Gasteiger partial charge on any atom is 0.322 e. The van der Waals surface area contributed by atoms with Crippen molar-refractivity contribution < 1.29 is 14.7 Å². The smallest absolute Gasteiger partial charge is 0.322 e. The average Bonchev–Trinajstić information content (AvgIpc) is 2.68. The van der Waals surface area contributed by atoms with E-state index >= 15 is 0 Å². The number of benzene rings is 1. The Morgan fingerprint density at radius 1 is 1.25 bits per heavy atom. The normalized spacial score (nSPS) is 22.9. The Kier molecular flexibility index (Phi) is 4.77. The molecule has 0 saturated carbocycles. The van der Waals surface area contributed by atoms with Gasteiger partial charge >= 0.3 is 6.03 Å². The summed E-state index contributed by atoms with van der Waals surface area (Å²) in [7, 11) is 0. The number of fused-ring (bicyclic) bond motifs is 3. The Morgan fingerprint density at radius 2 is 2.04 bits per heavy atom. The summed E-state index contributed by atoms with van der Waals surface area (Å²) >= 11 is 0. The Hall–Kier alpha value is -2.93. The third-order valence-corrected chi connectivity index (χ3v) is 5.49. The number of urea groups is 1. The zero-order valence-electron chi connectivity index (χ0n) is 15.9. The van der Waals surface area contributed by atoms with Gasteiger partial charge < -0.3 is 15.3 Å². The molecule has 3 atom stereocenters. The van der Waals surface area contributed by atoms with Crippen molar-refractivity contribution in [2.45, 2.75) is 37.9 Å². The highest BCUT2D eigenvalue weighted by atomic mass is 16.3. The molecule has 0 radical (unpaired) electrons. The Bertz CT molecular complexity index is 886. The first-order chi connectivity index (χ1) is 13.5. The molecule has 3 heterocycles. The molecule has 2 aliphatic rings. The summed E-state index contributed by atoms with van der Waals surface area (Å²) in [5.74, 6) is -0.165. The SMILES string of the molecule is CC(C)NC(=O)N1C[C@H]2[C@@H](c3ccccc31)[C@@H](CO)N2C(=O)c1cccnc1. The van der Waals surface area contributed by atoms with Gasteiger partial charge in [0.05, 0.1) is 24.3 Å². The monoisotopic (exact) mass is 380 g/mol. The van der Waals surface area contributed by atoms with Gasteiger partial charge in [0.1, 0.15) is 0 Å². The number of hydrogen-bond donors (Lipinski definition) is 2. The number of amides is 3. The first-order valence-electron chi connectivity index (χ1n) is 9.53. The van der Waals surface area contributed by atoms with Gasteiger partial charge in [-0.05, 0) is 37.6 Å². The van der Waals surface area contributed by atoms with Crippen molar-refractivity contribution in [2.75, 3.05) is 18.1 Å². The van der Waals surface area contributed by atoms with Crippen molar-refractivity contribution in [2.24, 2.45) is 0 Å². The molecular weight excluding hydrogens is 356 g/mol. The molecule has 1 aromatic heterocycles. The van der Waals surface area contributed by atoms with Crippen LogP contribution in [0.4, 0.5) is 10.5 Å². The molecule has 1 fully saturated rings. The van der Waals surface area contributed by atoms with Crippen LogP contribution < -0.4 is 10.2 Å². The molecule has 1 aromatic carbocycles. The second-order valence-corrected chi connectivity index (χ2v) is 7.57. The molecule has 146 valence electrons. The largest absolute Gasteiger partial charge is 0.394 e. The zero-order valence-corrected chi connectivity index (χ0v) is 15.9. The minimum atomic E-state index is -0.311. The highest BCUT2D eigenvalue weighted by Crippen LogP contribution is 2.48. The molecule has 3 amide bonds. The molecule has 2 aromatic rings. The minimum Gasteiger partial charge on any atom is -0.394 e. The van der Waals surface area contributed by atoms with E-state index in [-0.39, 0.29) is 42.6 Å². The van der Waals surface area contributed by atoms with Crippen molar-refractivity contribution in [1.29, 1.82) is 0 Å². The second kappa shape index (κ2) is 7.24. The van der Waals surface area contributed by atoms with E-state index in [1.54, 1.807) is 28.1 Å². The van der Waals surface area contributed by atoms with E-state index in [1.807, 2.05) is 38.1 Å². The Morgan fingerprint density at radius 3 is 2.71 bits per heavy atom. The number of anilines is 1. The number of likely N-dealkylation sites (tertiary alicyclic amines) is 1. The van der Waals surface area contributed by atoms with E-state index in [1.165, 1.54) is 6.20 Å². The lowest BCUT2D eigenvalue weighted by atomic mass is 9.71. The quantitative estimate of drug-likeness (QED) is 0.853. The molecule has 0 spiro atoms. The van der Waals surface area contributed by atoms with E-state index in [0.717, 1.165) is 11.3 Å². The molecule has 7 heteroatoms. The van der Waals surface area contributed by atoms with E-state index in [2.05, 4.69) is 10.3 Å². The molecular formula is C21H24N4O3. The number of carbonyl (C=O) groups is 2. The summed E-state index contributed by atoms with van der Waals surface area (Å²) in [4.78, 5) is 33.3. The number of nitrogens with one attached hydrogen (secondary N) is 1. The van der Waals surface area contributed by atoms with Gasteiger partial charge in [0.2, 0.25) is 0 Å². The molecule has 2 aliphatic heterocycles. The first-order valence-corrected chi connectivity index (χ1v) is 9.53. The van der Waals surface area contributed by atoms with Gasteiger partial charge in [0.25, 0.3) is 5.91 Å². The number of para-hydroxylation sites is 1. The van der Waals surface area contributed by atoms with Crippen molar-refractivity contribution >= 4 is 17.6 Å². The lowest BCUT2D eigenvalue weighted by Crippen LogP contribution is -2.71. The summed E-state index contributed by atoms with van der Waals surface area (Å²) in [6, 6.07) is 10.5. The van der Waals surface area contributed by atoms with Gasteiger partial charge in [-0.3, -0.25) is 14.7 Å². The molecule has 4 rings (SSSR count). The highest BCUT2D eigenvalue weighted by Gasteiger charge is 2.55. The van der Waals surface area contributed by atoms with Crippen LogP contribution in [0.25, 0.3) is 0 Å². The first kappa shape index (κ1) is 18.4. The maximum absolute atomic E-state index is 13.1. The molecule has 0 aliphatic carbocycles. The summed E-state index contributed by atoms with van der Waals surface area (Å²) in [5, 5.41) is 12.9. The number of aromatic nitrogens is 1. The zero-order chi connectivity index (χ0) is 19.8. The number of aliphatic hydroxyl groups is 1. The predicted octanol–water partition coefficient (Wildman–Crippen LogP) is 1.99. The highest BCUT2D eigenvalue weighted by molar-refractivity contribution is 5.97. The number of carbonyl (C=O) groups excluding carboxylic acids is 2. The van der Waals surface area contributed by atoms with E-state index in [4.69, 9.17) is 0 Å². The summed E-state index contributed by atoms with van der Waals surface area (Å²) in [5.41, 5.74) is 2.32. The van der Waals surface area contributed by atoms with E-state index in [0.29, 0.717) is 12.1 Å². The molecule has 0 unspecified atom stereocenters. The maximum atomic E-state index is 13.1. The minimum absolute atomic E-state index is 0.00456. The van der Waals surface area contributed by atoms with Crippen LogP contribution in [0.5, 0.6) is 0 Å². The molecule has 1 saturated heterocycles. The van der Waals surface area contributed by atoms with Crippen LogP contribution >= 0.6 is 0 Å². The fourth-order valence-corrected chi connectivity index (χ4v) is 4.32. The summed E-state index contributed by atoms with van der Waals surface area (Å²) in [6.07, 6.45) is 3.15. The van der Waals surface area contributed by atoms with Crippen molar-refractivity contribution in [3.8, 4) is 0 Å². The third-order valence-electron chi connectivity index (χ3n) is 5.49. The Labute approximate surface area is 164 Å². The topological polar surface area (TPSA) is 85.8 Å². The van der Waals surface area contributed by atoms with Gasteiger partial charge in [-0.2, -0.15) is 0 Å². The number of hydrogen-bond acceptors (Lipinski definition) is 4. The average molecular weight is 380 g/mol. The lowest BCUT2D eigenvalue weighted by molar-refractivity contribution is -0.0243. The standard InChI is InChI=1S/C21H24N4O3/c1-13(2)23-21(28)24-11-17-19(15-7-3-4-8-16(15)24)18(12-26)25(17)20(27)14-6-5-9-22-10-14/h3-10,13,17-19,26H,11-12H2,1-2H3,(H,23,28)/t17-,18+,19+/m0/s1. The molecule has 7 nitrogen and oxygen atoms in total. The van der Waals surface area contributed by atoms with E-state index < -0.39 is 0 Å². The number of pyridine rings is 1. The third kappa shape index (κ3) is 2.92. The molecule has 28 heavy (non-hydrogen) atoms. The van der Waals surface area contributed by atoms with Gasteiger partial charge in [-0.1, -0.05) is 18.2 Å². The number of aliphatic hydroxyl groups excluding tert-OH is 1. The molecule has 0 bridgehead atoms. The predicted molar refractivity (Wildman–Crippen MR) is 105 cm³/mol. The fraction of sp³-hybridized carbons (Fsp3) is 0.381. The van der Waals surface area contributed by atoms with Crippen molar-refractivity contribution in [1.82, 2.24) is 15.2 Å².